The SMILES string of the molecule is CCCc1ccc(C(C)NC(=O)c2c(C(=O)O)cnn2C)cc1. The number of carbonyl (C=O) groups is 2. The van der Waals surface area contributed by atoms with Gasteiger partial charge in [-0.3, -0.25) is 9.48 Å². The number of rotatable bonds is 6. The predicted octanol–water partition coefficient (Wildman–Crippen LogP) is 2.56. The van der Waals surface area contributed by atoms with Gasteiger partial charge in [-0.1, -0.05) is 37.6 Å². The van der Waals surface area contributed by atoms with Gasteiger partial charge in [0.2, 0.25) is 0 Å². The first kappa shape index (κ1) is 16.7. The van der Waals surface area contributed by atoms with Crippen LogP contribution in [-0.2, 0) is 13.5 Å². The third kappa shape index (κ3) is 3.77. The Morgan fingerprint density at radius 3 is 2.52 bits per heavy atom. The summed E-state index contributed by atoms with van der Waals surface area (Å²) in [6.07, 6.45) is 3.30. The summed E-state index contributed by atoms with van der Waals surface area (Å²) in [4.78, 5) is 23.5. The van der Waals surface area contributed by atoms with E-state index in [1.807, 2.05) is 31.2 Å². The van der Waals surface area contributed by atoms with E-state index in [-0.39, 0.29) is 17.3 Å². The molecule has 2 N–H and O–H groups in total. The molecule has 0 radical (unpaired) electrons. The van der Waals surface area contributed by atoms with Gasteiger partial charge < -0.3 is 10.4 Å². The molecule has 0 fully saturated rings. The van der Waals surface area contributed by atoms with E-state index in [4.69, 9.17) is 5.11 Å². The molecule has 0 bridgehead atoms. The molecule has 6 heteroatoms. The maximum absolute atomic E-state index is 12.4. The first-order valence-corrected chi connectivity index (χ1v) is 7.59. The maximum Gasteiger partial charge on any atom is 0.339 e. The smallest absolute Gasteiger partial charge is 0.339 e. The van der Waals surface area contributed by atoms with Crippen molar-refractivity contribution in [3.8, 4) is 0 Å². The second-order valence-corrected chi connectivity index (χ2v) is 5.52. The third-order valence-electron chi connectivity index (χ3n) is 3.75. The second-order valence-electron chi connectivity index (χ2n) is 5.52. The largest absolute Gasteiger partial charge is 0.478 e. The fourth-order valence-electron chi connectivity index (χ4n) is 2.47. The highest BCUT2D eigenvalue weighted by molar-refractivity contribution is 6.03. The molecule has 1 amide bonds. The summed E-state index contributed by atoms with van der Waals surface area (Å²) in [7, 11) is 1.55. The molecule has 1 aromatic carbocycles. The van der Waals surface area contributed by atoms with Crippen molar-refractivity contribution in [1.82, 2.24) is 15.1 Å². The van der Waals surface area contributed by atoms with Crippen LogP contribution >= 0.6 is 0 Å². The third-order valence-corrected chi connectivity index (χ3v) is 3.75. The van der Waals surface area contributed by atoms with Crippen molar-refractivity contribution in [2.45, 2.75) is 32.7 Å². The minimum atomic E-state index is -1.17. The lowest BCUT2D eigenvalue weighted by atomic mass is 10.0. The summed E-state index contributed by atoms with van der Waals surface area (Å²) in [5.74, 6) is -1.62. The van der Waals surface area contributed by atoms with E-state index in [2.05, 4.69) is 17.3 Å². The van der Waals surface area contributed by atoms with Crippen LogP contribution < -0.4 is 5.32 Å². The number of aromatic carboxylic acids is 1. The standard InChI is InChI=1S/C17H21N3O3/c1-4-5-12-6-8-13(9-7-12)11(2)19-16(21)15-14(17(22)23)10-18-20(15)3/h6-11H,4-5H2,1-3H3,(H,19,21)(H,22,23). The van der Waals surface area contributed by atoms with Crippen molar-refractivity contribution in [3.63, 3.8) is 0 Å². The van der Waals surface area contributed by atoms with Gasteiger partial charge >= 0.3 is 5.97 Å². The van der Waals surface area contributed by atoms with Crippen molar-refractivity contribution >= 4 is 11.9 Å². The molecular weight excluding hydrogens is 294 g/mol. The normalized spacial score (nSPS) is 12.0. The molecule has 0 saturated carbocycles. The highest BCUT2D eigenvalue weighted by atomic mass is 16.4. The Labute approximate surface area is 135 Å². The highest BCUT2D eigenvalue weighted by Crippen LogP contribution is 2.16. The van der Waals surface area contributed by atoms with E-state index in [1.165, 1.54) is 16.4 Å². The number of nitrogens with zero attached hydrogens (tertiary/aromatic N) is 2. The van der Waals surface area contributed by atoms with Crippen LogP contribution in [0.25, 0.3) is 0 Å². The topological polar surface area (TPSA) is 84.2 Å². The highest BCUT2D eigenvalue weighted by Gasteiger charge is 2.22. The van der Waals surface area contributed by atoms with E-state index in [1.54, 1.807) is 7.05 Å². The Morgan fingerprint density at radius 1 is 1.30 bits per heavy atom. The maximum atomic E-state index is 12.4. The van der Waals surface area contributed by atoms with Gasteiger partial charge in [-0.25, -0.2) is 4.79 Å². The van der Waals surface area contributed by atoms with E-state index in [0.717, 1.165) is 18.4 Å². The second kappa shape index (κ2) is 7.09. The lowest BCUT2D eigenvalue weighted by molar-refractivity contribution is 0.0690. The molecule has 1 aromatic heterocycles. The van der Waals surface area contributed by atoms with E-state index < -0.39 is 11.9 Å². The summed E-state index contributed by atoms with van der Waals surface area (Å²) < 4.78 is 1.27. The zero-order valence-electron chi connectivity index (χ0n) is 13.5. The summed E-state index contributed by atoms with van der Waals surface area (Å²) in [6.45, 7) is 3.99. The van der Waals surface area contributed by atoms with Crippen LogP contribution in [0.3, 0.4) is 0 Å². The number of hydrogen-bond donors (Lipinski definition) is 2. The molecule has 1 heterocycles. The van der Waals surface area contributed by atoms with Crippen molar-refractivity contribution < 1.29 is 14.7 Å². The fraction of sp³-hybridized carbons (Fsp3) is 0.353. The summed E-state index contributed by atoms with van der Waals surface area (Å²) >= 11 is 0. The average molecular weight is 315 g/mol. The van der Waals surface area contributed by atoms with Crippen LogP contribution in [0.2, 0.25) is 0 Å². The first-order valence-electron chi connectivity index (χ1n) is 7.59. The first-order chi connectivity index (χ1) is 10.9. The lowest BCUT2D eigenvalue weighted by Gasteiger charge is -2.15. The fourth-order valence-corrected chi connectivity index (χ4v) is 2.47. The Balaban J connectivity index is 2.13. The van der Waals surface area contributed by atoms with Gasteiger partial charge in [0.25, 0.3) is 5.91 Å². The van der Waals surface area contributed by atoms with Gasteiger partial charge in [-0.2, -0.15) is 5.10 Å². The minimum Gasteiger partial charge on any atom is -0.478 e. The molecule has 0 spiro atoms. The van der Waals surface area contributed by atoms with Crippen LogP contribution in [0.1, 0.15) is 58.3 Å². The summed E-state index contributed by atoms with van der Waals surface area (Å²) in [6, 6.07) is 7.84. The molecule has 23 heavy (non-hydrogen) atoms. The van der Waals surface area contributed by atoms with Crippen molar-refractivity contribution in [2.75, 3.05) is 0 Å². The number of nitrogens with one attached hydrogen (secondary N) is 1. The van der Waals surface area contributed by atoms with Crippen LogP contribution in [0.4, 0.5) is 0 Å². The number of aryl methyl sites for hydroxylation is 2. The van der Waals surface area contributed by atoms with E-state index >= 15 is 0 Å². The number of carboxylic acids is 1. The Hall–Kier alpha value is -2.63. The summed E-state index contributed by atoms with van der Waals surface area (Å²) in [5, 5.41) is 15.8. The molecule has 122 valence electrons. The number of hydrogen-bond acceptors (Lipinski definition) is 3. The van der Waals surface area contributed by atoms with Gasteiger partial charge in [0, 0.05) is 7.05 Å². The zero-order valence-corrected chi connectivity index (χ0v) is 13.5. The van der Waals surface area contributed by atoms with Crippen molar-refractivity contribution in [2.24, 2.45) is 7.05 Å². The minimum absolute atomic E-state index is 0.0481. The molecule has 0 aliphatic carbocycles. The van der Waals surface area contributed by atoms with Gasteiger partial charge in [-0.15, -0.1) is 0 Å². The quantitative estimate of drug-likeness (QED) is 0.858. The molecule has 2 rings (SSSR count). The molecular formula is C17H21N3O3. The summed E-state index contributed by atoms with van der Waals surface area (Å²) in [5.41, 5.74) is 2.18. The monoisotopic (exact) mass is 315 g/mol. The van der Waals surface area contributed by atoms with Gasteiger partial charge in [-0.05, 0) is 24.5 Å². The molecule has 6 nitrogen and oxygen atoms in total. The number of carbonyl (C=O) groups excluding carboxylic acids is 1. The van der Waals surface area contributed by atoms with Gasteiger partial charge in [0.1, 0.15) is 11.3 Å². The van der Waals surface area contributed by atoms with Crippen LogP contribution in [0.15, 0.2) is 30.5 Å². The molecule has 0 saturated heterocycles. The van der Waals surface area contributed by atoms with Crippen LogP contribution in [-0.4, -0.2) is 26.8 Å². The zero-order chi connectivity index (χ0) is 17.0. The van der Waals surface area contributed by atoms with E-state index in [9.17, 15) is 9.59 Å². The lowest BCUT2D eigenvalue weighted by Crippen LogP contribution is -2.29. The number of benzene rings is 1. The van der Waals surface area contributed by atoms with Crippen LogP contribution in [0.5, 0.6) is 0 Å². The Kier molecular flexibility index (Phi) is 5.16. The van der Waals surface area contributed by atoms with Crippen LogP contribution in [0, 0.1) is 0 Å². The number of aromatic nitrogens is 2. The predicted molar refractivity (Wildman–Crippen MR) is 86.5 cm³/mol. The Bertz CT molecular complexity index is 704. The average Bonchev–Trinajstić information content (AvgIpc) is 2.90. The molecule has 0 aliphatic rings. The molecule has 1 unspecified atom stereocenters. The van der Waals surface area contributed by atoms with E-state index in [0.29, 0.717) is 0 Å². The Morgan fingerprint density at radius 2 is 1.96 bits per heavy atom. The molecule has 0 aliphatic heterocycles. The van der Waals surface area contributed by atoms with Crippen molar-refractivity contribution in [3.05, 3.63) is 52.8 Å². The molecule has 2 aromatic rings. The number of amides is 1. The number of carboxylic acid groups (broad SMARTS) is 1. The van der Waals surface area contributed by atoms with Crippen molar-refractivity contribution in [1.29, 1.82) is 0 Å². The van der Waals surface area contributed by atoms with Gasteiger partial charge in [0.15, 0.2) is 0 Å². The van der Waals surface area contributed by atoms with Gasteiger partial charge in [0.05, 0.1) is 12.2 Å². The molecule has 1 atom stereocenters.